The lowest BCUT2D eigenvalue weighted by molar-refractivity contribution is 0.0935. The molecular weight excluding hydrogens is 366 g/mol. The molecule has 1 aliphatic rings. The molecule has 0 aliphatic carbocycles. The number of nitrogens with one attached hydrogen (secondary N) is 1. The number of hydrogen-bond acceptors (Lipinski definition) is 5. The number of likely N-dealkylation sites (tertiary alicyclic amines) is 1. The van der Waals surface area contributed by atoms with Crippen LogP contribution in [0, 0.1) is 0 Å². The van der Waals surface area contributed by atoms with E-state index in [0.29, 0.717) is 23.6 Å². The molecule has 29 heavy (non-hydrogen) atoms. The third-order valence-corrected chi connectivity index (χ3v) is 5.48. The molecule has 2 aromatic carbocycles. The van der Waals surface area contributed by atoms with Gasteiger partial charge in [-0.05, 0) is 55.8 Å². The van der Waals surface area contributed by atoms with Crippen molar-refractivity contribution < 1.29 is 14.3 Å². The summed E-state index contributed by atoms with van der Waals surface area (Å²) in [5, 5.41) is 3.11. The number of hydrogen-bond donors (Lipinski definition) is 1. The Kier molecular flexibility index (Phi) is 6.99. The van der Waals surface area contributed by atoms with Crippen LogP contribution in [-0.4, -0.2) is 58.8 Å². The summed E-state index contributed by atoms with van der Waals surface area (Å²) in [4.78, 5) is 17.4. The molecule has 1 aliphatic heterocycles. The molecule has 0 bridgehead atoms. The van der Waals surface area contributed by atoms with E-state index in [0.717, 1.165) is 13.1 Å². The lowest BCUT2D eigenvalue weighted by Crippen LogP contribution is -2.37. The molecule has 0 aromatic heterocycles. The van der Waals surface area contributed by atoms with Gasteiger partial charge in [-0.25, -0.2) is 0 Å². The van der Waals surface area contributed by atoms with Crippen LogP contribution in [0.1, 0.15) is 34.8 Å². The minimum atomic E-state index is -0.140. The van der Waals surface area contributed by atoms with Crippen molar-refractivity contribution >= 4 is 11.6 Å². The Labute approximate surface area is 173 Å². The van der Waals surface area contributed by atoms with Crippen molar-refractivity contribution in [2.24, 2.45) is 0 Å². The average Bonchev–Trinajstić information content (AvgIpc) is 3.28. The number of carbonyl (C=O) groups is 1. The molecule has 156 valence electrons. The summed E-state index contributed by atoms with van der Waals surface area (Å²) in [6.45, 7) is 2.67. The highest BCUT2D eigenvalue weighted by atomic mass is 16.5. The van der Waals surface area contributed by atoms with Crippen LogP contribution in [0.5, 0.6) is 11.5 Å². The Morgan fingerprint density at radius 1 is 1.07 bits per heavy atom. The highest BCUT2D eigenvalue weighted by molar-refractivity contribution is 5.97. The van der Waals surface area contributed by atoms with E-state index in [9.17, 15) is 4.79 Å². The van der Waals surface area contributed by atoms with E-state index in [2.05, 4.69) is 39.4 Å². The van der Waals surface area contributed by atoms with E-state index in [1.54, 1.807) is 32.4 Å². The first-order valence-electron chi connectivity index (χ1n) is 10.0. The second-order valence-corrected chi connectivity index (χ2v) is 7.52. The molecule has 1 saturated heterocycles. The molecule has 6 heteroatoms. The van der Waals surface area contributed by atoms with Crippen LogP contribution in [-0.2, 0) is 0 Å². The van der Waals surface area contributed by atoms with Crippen LogP contribution in [0.4, 0.5) is 5.69 Å². The second-order valence-electron chi connectivity index (χ2n) is 7.52. The maximum Gasteiger partial charge on any atom is 0.255 e. The van der Waals surface area contributed by atoms with Crippen LogP contribution in [0.2, 0.25) is 0 Å². The standard InChI is InChI=1S/C23H31N3O3/c1-25(2)18-9-7-17(8-10-18)21(26-13-5-6-14-26)16-24-23(27)20-12-11-19(28-3)15-22(20)29-4/h7-12,15,21H,5-6,13-14,16H2,1-4H3,(H,24,27). The Morgan fingerprint density at radius 2 is 1.76 bits per heavy atom. The molecule has 0 saturated carbocycles. The minimum absolute atomic E-state index is 0.140. The van der Waals surface area contributed by atoms with Crippen LogP contribution in [0.15, 0.2) is 42.5 Å². The molecule has 1 heterocycles. The molecule has 0 radical (unpaired) electrons. The van der Waals surface area contributed by atoms with E-state index in [1.165, 1.54) is 24.1 Å². The van der Waals surface area contributed by atoms with Gasteiger partial charge in [0.25, 0.3) is 5.91 Å². The van der Waals surface area contributed by atoms with Crippen molar-refractivity contribution in [1.82, 2.24) is 10.2 Å². The van der Waals surface area contributed by atoms with Gasteiger partial charge in [-0.3, -0.25) is 9.69 Å². The summed E-state index contributed by atoms with van der Waals surface area (Å²) in [5.74, 6) is 1.03. The first-order valence-corrected chi connectivity index (χ1v) is 10.0. The lowest BCUT2D eigenvalue weighted by Gasteiger charge is -2.28. The predicted octanol–water partition coefficient (Wildman–Crippen LogP) is 3.34. The normalized spacial score (nSPS) is 15.0. The summed E-state index contributed by atoms with van der Waals surface area (Å²) in [7, 11) is 7.23. The van der Waals surface area contributed by atoms with Gasteiger partial charge in [-0.1, -0.05) is 12.1 Å². The van der Waals surface area contributed by atoms with Gasteiger partial charge in [0.2, 0.25) is 0 Å². The molecule has 1 atom stereocenters. The number of methoxy groups -OCH3 is 2. The smallest absolute Gasteiger partial charge is 0.255 e. The zero-order chi connectivity index (χ0) is 20.8. The first kappa shape index (κ1) is 21.0. The van der Waals surface area contributed by atoms with Crippen LogP contribution >= 0.6 is 0 Å². The van der Waals surface area contributed by atoms with Crippen LogP contribution in [0.25, 0.3) is 0 Å². The summed E-state index contributed by atoms with van der Waals surface area (Å²) in [6.07, 6.45) is 2.40. The number of rotatable bonds is 8. The van der Waals surface area contributed by atoms with Gasteiger partial charge in [-0.2, -0.15) is 0 Å². The van der Waals surface area contributed by atoms with Crippen LogP contribution < -0.4 is 19.7 Å². The molecule has 1 fully saturated rings. The average molecular weight is 398 g/mol. The molecule has 3 rings (SSSR count). The third-order valence-electron chi connectivity index (χ3n) is 5.48. The fourth-order valence-electron chi connectivity index (χ4n) is 3.78. The van der Waals surface area contributed by atoms with E-state index in [4.69, 9.17) is 9.47 Å². The van der Waals surface area contributed by atoms with Crippen molar-refractivity contribution in [2.75, 3.05) is 52.8 Å². The fourth-order valence-corrected chi connectivity index (χ4v) is 3.78. The maximum atomic E-state index is 12.9. The van der Waals surface area contributed by atoms with Crippen molar-refractivity contribution in [2.45, 2.75) is 18.9 Å². The quantitative estimate of drug-likeness (QED) is 0.740. The van der Waals surface area contributed by atoms with Gasteiger partial charge in [0, 0.05) is 32.4 Å². The number of amides is 1. The van der Waals surface area contributed by atoms with Crippen molar-refractivity contribution in [3.8, 4) is 11.5 Å². The number of ether oxygens (including phenoxy) is 2. The fraction of sp³-hybridized carbons (Fsp3) is 0.435. The lowest BCUT2D eigenvalue weighted by atomic mass is 10.0. The first-order chi connectivity index (χ1) is 14.0. The molecule has 2 aromatic rings. The second kappa shape index (κ2) is 9.65. The Hall–Kier alpha value is -2.73. The molecule has 1 N–H and O–H groups in total. The van der Waals surface area contributed by atoms with Gasteiger partial charge in [0.1, 0.15) is 11.5 Å². The minimum Gasteiger partial charge on any atom is -0.497 e. The van der Waals surface area contributed by atoms with E-state index in [-0.39, 0.29) is 11.9 Å². The highest BCUT2D eigenvalue weighted by Gasteiger charge is 2.25. The Balaban J connectivity index is 1.75. The molecule has 6 nitrogen and oxygen atoms in total. The largest absolute Gasteiger partial charge is 0.497 e. The molecular formula is C23H31N3O3. The zero-order valence-electron chi connectivity index (χ0n) is 17.8. The summed E-state index contributed by atoms with van der Waals surface area (Å²) in [5.41, 5.74) is 2.90. The van der Waals surface area contributed by atoms with Crippen LogP contribution in [0.3, 0.4) is 0 Å². The highest BCUT2D eigenvalue weighted by Crippen LogP contribution is 2.27. The third kappa shape index (κ3) is 5.01. The number of benzene rings is 2. The maximum absolute atomic E-state index is 12.9. The van der Waals surface area contributed by atoms with Gasteiger partial charge in [0.05, 0.1) is 25.8 Å². The Morgan fingerprint density at radius 3 is 2.34 bits per heavy atom. The van der Waals surface area contributed by atoms with Crippen molar-refractivity contribution in [1.29, 1.82) is 0 Å². The van der Waals surface area contributed by atoms with E-state index >= 15 is 0 Å². The molecule has 1 amide bonds. The summed E-state index contributed by atoms with van der Waals surface area (Å²) >= 11 is 0. The van der Waals surface area contributed by atoms with Crippen molar-refractivity contribution in [3.63, 3.8) is 0 Å². The number of nitrogens with zero attached hydrogens (tertiary/aromatic N) is 2. The number of carbonyl (C=O) groups excluding carboxylic acids is 1. The molecule has 1 unspecified atom stereocenters. The van der Waals surface area contributed by atoms with Gasteiger partial charge >= 0.3 is 0 Å². The SMILES string of the molecule is COc1ccc(C(=O)NCC(c2ccc(N(C)C)cc2)N2CCCC2)c(OC)c1. The predicted molar refractivity (Wildman–Crippen MR) is 116 cm³/mol. The van der Waals surface area contributed by atoms with Gasteiger partial charge < -0.3 is 19.7 Å². The van der Waals surface area contributed by atoms with Gasteiger partial charge in [-0.15, -0.1) is 0 Å². The van der Waals surface area contributed by atoms with Crippen molar-refractivity contribution in [3.05, 3.63) is 53.6 Å². The van der Waals surface area contributed by atoms with E-state index in [1.807, 2.05) is 14.1 Å². The monoisotopic (exact) mass is 397 g/mol. The van der Waals surface area contributed by atoms with Gasteiger partial charge in [0.15, 0.2) is 0 Å². The zero-order valence-corrected chi connectivity index (χ0v) is 17.8. The summed E-state index contributed by atoms with van der Waals surface area (Å²) in [6, 6.07) is 14.0. The van der Waals surface area contributed by atoms with E-state index < -0.39 is 0 Å². The topological polar surface area (TPSA) is 54.0 Å². The summed E-state index contributed by atoms with van der Waals surface area (Å²) < 4.78 is 10.6. The number of anilines is 1. The Bertz CT molecular complexity index is 815. The molecule has 0 spiro atoms.